The van der Waals surface area contributed by atoms with Crippen molar-refractivity contribution < 1.29 is 18.7 Å². The van der Waals surface area contributed by atoms with E-state index in [4.69, 9.17) is 18.7 Å². The second-order valence-electron chi connectivity index (χ2n) is 6.40. The van der Waals surface area contributed by atoms with E-state index < -0.39 is 0 Å². The number of ether oxygens (including phenoxy) is 3. The third kappa shape index (κ3) is 4.36. The Balaban J connectivity index is 1.65. The number of pyridine rings is 1. The van der Waals surface area contributed by atoms with Crippen LogP contribution in [0.3, 0.4) is 0 Å². The molecule has 28 heavy (non-hydrogen) atoms. The molecule has 0 atom stereocenters. The summed E-state index contributed by atoms with van der Waals surface area (Å²) in [5.41, 5.74) is 2.21. The Labute approximate surface area is 163 Å². The molecule has 0 bridgehead atoms. The van der Waals surface area contributed by atoms with Crippen LogP contribution in [0.5, 0.6) is 17.2 Å². The largest absolute Gasteiger partial charge is 0.497 e. The van der Waals surface area contributed by atoms with Crippen LogP contribution < -0.4 is 19.6 Å². The van der Waals surface area contributed by atoms with E-state index in [-0.39, 0.29) is 12.0 Å². The van der Waals surface area contributed by atoms with E-state index in [1.807, 2.05) is 49.6 Å². The van der Waals surface area contributed by atoms with Crippen molar-refractivity contribution in [2.75, 3.05) is 13.7 Å². The lowest BCUT2D eigenvalue weighted by Gasteiger charge is -2.15. The first-order valence-corrected chi connectivity index (χ1v) is 9.01. The summed E-state index contributed by atoms with van der Waals surface area (Å²) in [4.78, 5) is 12.3. The predicted octanol–water partition coefficient (Wildman–Crippen LogP) is 3.43. The Hall–Kier alpha value is -3.22. The number of benzene rings is 1. The molecular weight excluding hydrogens is 360 g/mol. The van der Waals surface area contributed by atoms with Gasteiger partial charge < -0.3 is 23.3 Å². The fraction of sp³-hybridized carbons (Fsp3) is 0.333. The van der Waals surface area contributed by atoms with Gasteiger partial charge in [0.1, 0.15) is 30.5 Å². The SMILES string of the molecule is COc1ccc(OCCn2ccc(=O)c(OCc3c(C)noc3C)c2C)cc1. The van der Waals surface area contributed by atoms with Crippen molar-refractivity contribution in [3.8, 4) is 17.2 Å². The number of aryl methyl sites for hydroxylation is 2. The molecule has 2 aromatic heterocycles. The van der Waals surface area contributed by atoms with Gasteiger partial charge in [-0.1, -0.05) is 5.16 Å². The Morgan fingerprint density at radius 2 is 1.75 bits per heavy atom. The molecule has 7 nitrogen and oxygen atoms in total. The zero-order valence-corrected chi connectivity index (χ0v) is 16.5. The lowest BCUT2D eigenvalue weighted by molar-refractivity contribution is 0.281. The molecule has 0 saturated heterocycles. The van der Waals surface area contributed by atoms with Gasteiger partial charge in [0.25, 0.3) is 0 Å². The minimum absolute atomic E-state index is 0.156. The van der Waals surface area contributed by atoms with Gasteiger partial charge in [0.15, 0.2) is 5.75 Å². The molecule has 0 amide bonds. The van der Waals surface area contributed by atoms with Crippen molar-refractivity contribution in [3.05, 3.63) is 69.5 Å². The van der Waals surface area contributed by atoms with Gasteiger partial charge in [0, 0.05) is 12.3 Å². The molecule has 0 spiro atoms. The Morgan fingerprint density at radius 3 is 2.39 bits per heavy atom. The summed E-state index contributed by atoms with van der Waals surface area (Å²) < 4.78 is 23.8. The molecule has 148 valence electrons. The first-order valence-electron chi connectivity index (χ1n) is 9.01. The second-order valence-corrected chi connectivity index (χ2v) is 6.40. The van der Waals surface area contributed by atoms with E-state index in [2.05, 4.69) is 5.16 Å². The van der Waals surface area contributed by atoms with Crippen molar-refractivity contribution in [2.45, 2.75) is 33.9 Å². The van der Waals surface area contributed by atoms with Crippen molar-refractivity contribution in [1.82, 2.24) is 9.72 Å². The standard InChI is InChI=1S/C21H24N2O5/c1-14-19(16(3)28-22-14)13-27-21-15(2)23(10-9-20(21)24)11-12-26-18-7-5-17(25-4)6-8-18/h5-10H,11-13H2,1-4H3. The molecule has 0 unspecified atom stereocenters. The minimum Gasteiger partial charge on any atom is -0.497 e. The zero-order chi connectivity index (χ0) is 20.1. The van der Waals surface area contributed by atoms with Gasteiger partial charge in [-0.25, -0.2) is 0 Å². The average Bonchev–Trinajstić information content (AvgIpc) is 3.02. The second kappa shape index (κ2) is 8.65. The van der Waals surface area contributed by atoms with Crippen LogP contribution in [-0.4, -0.2) is 23.4 Å². The highest BCUT2D eigenvalue weighted by Gasteiger charge is 2.13. The van der Waals surface area contributed by atoms with Crippen LogP contribution in [0.15, 0.2) is 45.8 Å². The molecule has 0 aliphatic heterocycles. The average molecular weight is 384 g/mol. The molecule has 0 aliphatic rings. The van der Waals surface area contributed by atoms with Crippen LogP contribution in [0.1, 0.15) is 22.7 Å². The van der Waals surface area contributed by atoms with Crippen LogP contribution in [0.4, 0.5) is 0 Å². The summed E-state index contributed by atoms with van der Waals surface area (Å²) in [6, 6.07) is 8.91. The van der Waals surface area contributed by atoms with E-state index in [1.54, 1.807) is 13.3 Å². The lowest BCUT2D eigenvalue weighted by Crippen LogP contribution is -2.17. The zero-order valence-electron chi connectivity index (χ0n) is 16.5. The fourth-order valence-electron chi connectivity index (χ4n) is 2.86. The van der Waals surface area contributed by atoms with Gasteiger partial charge in [-0.3, -0.25) is 4.79 Å². The van der Waals surface area contributed by atoms with Crippen molar-refractivity contribution in [2.24, 2.45) is 0 Å². The van der Waals surface area contributed by atoms with Crippen LogP contribution >= 0.6 is 0 Å². The summed E-state index contributed by atoms with van der Waals surface area (Å²) >= 11 is 0. The molecule has 0 aliphatic carbocycles. The Kier molecular flexibility index (Phi) is 6.03. The fourth-order valence-corrected chi connectivity index (χ4v) is 2.86. The topological polar surface area (TPSA) is 75.7 Å². The van der Waals surface area contributed by atoms with Crippen molar-refractivity contribution >= 4 is 0 Å². The number of hydrogen-bond donors (Lipinski definition) is 0. The number of rotatable bonds is 8. The van der Waals surface area contributed by atoms with Gasteiger partial charge in [-0.05, 0) is 45.0 Å². The molecule has 3 aromatic rings. The maximum absolute atomic E-state index is 12.3. The van der Waals surface area contributed by atoms with Gasteiger partial charge in [-0.2, -0.15) is 0 Å². The molecule has 0 saturated carbocycles. The maximum atomic E-state index is 12.3. The third-order valence-electron chi connectivity index (χ3n) is 4.59. The predicted molar refractivity (Wildman–Crippen MR) is 104 cm³/mol. The monoisotopic (exact) mass is 384 g/mol. The summed E-state index contributed by atoms with van der Waals surface area (Å²) in [5, 5.41) is 3.91. The Morgan fingerprint density at radius 1 is 1.04 bits per heavy atom. The molecule has 0 radical (unpaired) electrons. The highest BCUT2D eigenvalue weighted by molar-refractivity contribution is 5.31. The van der Waals surface area contributed by atoms with Crippen molar-refractivity contribution in [1.29, 1.82) is 0 Å². The van der Waals surface area contributed by atoms with Crippen LogP contribution in [0.25, 0.3) is 0 Å². The molecule has 0 N–H and O–H groups in total. The van der Waals surface area contributed by atoms with Crippen molar-refractivity contribution in [3.63, 3.8) is 0 Å². The number of aromatic nitrogens is 2. The van der Waals surface area contributed by atoms with E-state index >= 15 is 0 Å². The van der Waals surface area contributed by atoms with E-state index in [9.17, 15) is 4.79 Å². The molecule has 7 heteroatoms. The third-order valence-corrected chi connectivity index (χ3v) is 4.59. The highest BCUT2D eigenvalue weighted by atomic mass is 16.5. The molecular formula is C21H24N2O5. The summed E-state index contributed by atoms with van der Waals surface area (Å²) in [7, 11) is 1.63. The smallest absolute Gasteiger partial charge is 0.223 e. The first-order chi connectivity index (χ1) is 13.5. The highest BCUT2D eigenvalue weighted by Crippen LogP contribution is 2.19. The molecule has 1 aromatic carbocycles. The minimum atomic E-state index is -0.156. The van der Waals surface area contributed by atoms with Gasteiger partial charge in [0.2, 0.25) is 5.43 Å². The molecule has 3 rings (SSSR count). The van der Waals surface area contributed by atoms with Gasteiger partial charge in [-0.15, -0.1) is 0 Å². The molecule has 2 heterocycles. The van der Waals surface area contributed by atoms with Crippen LogP contribution in [0.2, 0.25) is 0 Å². The Bertz CT molecular complexity index is 970. The van der Waals surface area contributed by atoms with Gasteiger partial charge >= 0.3 is 0 Å². The number of hydrogen-bond acceptors (Lipinski definition) is 6. The van der Waals surface area contributed by atoms with E-state index in [0.29, 0.717) is 24.7 Å². The van der Waals surface area contributed by atoms with E-state index in [0.717, 1.165) is 28.5 Å². The normalized spacial score (nSPS) is 10.7. The quantitative estimate of drug-likeness (QED) is 0.592. The molecule has 0 fully saturated rings. The number of methoxy groups -OCH3 is 1. The summed E-state index contributed by atoms with van der Waals surface area (Å²) in [6.07, 6.45) is 1.75. The number of nitrogens with zero attached hydrogens (tertiary/aromatic N) is 2. The first kappa shape index (κ1) is 19.5. The summed E-state index contributed by atoms with van der Waals surface area (Å²) in [5.74, 6) is 2.56. The van der Waals surface area contributed by atoms with E-state index in [1.165, 1.54) is 6.07 Å². The van der Waals surface area contributed by atoms with Gasteiger partial charge in [0.05, 0.1) is 30.6 Å². The van der Waals surface area contributed by atoms with Crippen LogP contribution in [-0.2, 0) is 13.2 Å². The maximum Gasteiger partial charge on any atom is 0.223 e. The lowest BCUT2D eigenvalue weighted by atomic mass is 10.2. The summed E-state index contributed by atoms with van der Waals surface area (Å²) in [6.45, 7) is 6.81. The van der Waals surface area contributed by atoms with Crippen LogP contribution in [0, 0.1) is 20.8 Å².